The fourth-order valence-electron chi connectivity index (χ4n) is 2.09. The summed E-state index contributed by atoms with van der Waals surface area (Å²) < 4.78 is 23.4. The van der Waals surface area contributed by atoms with Crippen LogP contribution in [0.3, 0.4) is 0 Å². The topological polar surface area (TPSA) is 136 Å². The molecule has 1 heterocycles. The van der Waals surface area contributed by atoms with Gasteiger partial charge in [0.1, 0.15) is 5.84 Å². The lowest BCUT2D eigenvalue weighted by molar-refractivity contribution is 0.112. The average Bonchev–Trinajstić information content (AvgIpc) is 2.90. The van der Waals surface area contributed by atoms with Gasteiger partial charge in [0, 0.05) is 27.9 Å². The Balaban J connectivity index is 2.33. The molecule has 128 valence electrons. The van der Waals surface area contributed by atoms with Gasteiger partial charge in [-0.15, -0.1) is 0 Å². The van der Waals surface area contributed by atoms with Gasteiger partial charge in [0.15, 0.2) is 12.1 Å². The minimum absolute atomic E-state index is 0.167. The van der Waals surface area contributed by atoms with E-state index in [0.717, 1.165) is 0 Å². The molecule has 0 fully saturated rings. The number of rotatable bonds is 5. The first-order valence-corrected chi connectivity index (χ1v) is 8.14. The Morgan fingerprint density at radius 1 is 1.38 bits per heavy atom. The van der Waals surface area contributed by atoms with Crippen molar-refractivity contribution in [1.82, 2.24) is 10.2 Å². The molecule has 0 amide bonds. The summed E-state index contributed by atoms with van der Waals surface area (Å²) >= 11 is -2.39. The molecule has 2 aromatic rings. The van der Waals surface area contributed by atoms with E-state index in [2.05, 4.69) is 19.9 Å². The highest BCUT2D eigenvalue weighted by Gasteiger charge is 2.23. The summed E-state index contributed by atoms with van der Waals surface area (Å²) in [7, 11) is 0. The average molecular weight is 348 g/mol. The number of aromatic nitrogens is 2. The zero-order valence-electron chi connectivity index (χ0n) is 13.5. The molecule has 1 aromatic heterocycles. The van der Waals surface area contributed by atoms with Crippen molar-refractivity contribution in [3.63, 3.8) is 0 Å². The third-order valence-corrected chi connectivity index (χ3v) is 3.66. The van der Waals surface area contributed by atoms with Crippen LogP contribution in [0, 0.1) is 0 Å². The number of carbonyl (C=O) groups excluding carboxylic acids is 1. The van der Waals surface area contributed by atoms with E-state index in [9.17, 15) is 13.6 Å². The van der Waals surface area contributed by atoms with E-state index < -0.39 is 11.3 Å². The smallest absolute Gasteiger partial charge is 0.186 e. The standard InChI is InChI=1S/C15H19N5O3S/c1-15(2,3)12-11(8-21)14(19-18-12)17-13(16)9-4-6-10(7-5-9)20-24(22)23/h4-8,20H,1-3H3,(H,22,23)(H3,16,17,18,19)/p-1. The molecule has 0 bridgehead atoms. The van der Waals surface area contributed by atoms with Gasteiger partial charge in [-0.3, -0.25) is 14.1 Å². The van der Waals surface area contributed by atoms with Crippen molar-refractivity contribution in [2.75, 3.05) is 4.72 Å². The molecular formula is C15H18N5O3S-. The van der Waals surface area contributed by atoms with Gasteiger partial charge in [0.25, 0.3) is 0 Å². The predicted molar refractivity (Wildman–Crippen MR) is 92.0 cm³/mol. The Morgan fingerprint density at radius 2 is 2.00 bits per heavy atom. The number of benzene rings is 1. The number of aliphatic imine (C=N–C) groups is 1. The van der Waals surface area contributed by atoms with Crippen LogP contribution in [0.2, 0.25) is 0 Å². The summed E-state index contributed by atoms with van der Waals surface area (Å²) in [5, 5.41) is 6.89. The molecule has 2 rings (SSSR count). The molecule has 0 saturated heterocycles. The quantitative estimate of drug-likeness (QED) is 0.327. The maximum Gasteiger partial charge on any atom is 0.186 e. The SMILES string of the molecule is CC(C)(C)c1[nH]nc(N=C(N)c2ccc(NS(=O)[O-])cc2)c1C=O. The molecule has 24 heavy (non-hydrogen) atoms. The largest absolute Gasteiger partial charge is 0.755 e. The number of H-pyrrole nitrogens is 1. The molecule has 8 nitrogen and oxygen atoms in total. The summed E-state index contributed by atoms with van der Waals surface area (Å²) in [6.45, 7) is 5.86. The van der Waals surface area contributed by atoms with Gasteiger partial charge in [-0.05, 0) is 24.3 Å². The highest BCUT2D eigenvalue weighted by molar-refractivity contribution is 7.80. The lowest BCUT2D eigenvalue weighted by atomic mass is 9.89. The first-order valence-electron chi connectivity index (χ1n) is 7.07. The monoisotopic (exact) mass is 348 g/mol. The molecule has 0 saturated carbocycles. The molecule has 1 aromatic carbocycles. The predicted octanol–water partition coefficient (Wildman–Crippen LogP) is 1.76. The molecule has 0 aliphatic heterocycles. The Morgan fingerprint density at radius 3 is 2.50 bits per heavy atom. The van der Waals surface area contributed by atoms with Gasteiger partial charge in [-0.2, -0.15) is 5.10 Å². The summed E-state index contributed by atoms with van der Waals surface area (Å²) in [6.07, 6.45) is 0.701. The van der Waals surface area contributed by atoms with Crippen LogP contribution in [-0.2, 0) is 16.7 Å². The van der Waals surface area contributed by atoms with Crippen LogP contribution in [-0.4, -0.2) is 31.1 Å². The van der Waals surface area contributed by atoms with E-state index in [4.69, 9.17) is 5.73 Å². The van der Waals surface area contributed by atoms with Crippen molar-refractivity contribution >= 4 is 34.9 Å². The number of nitrogens with one attached hydrogen (secondary N) is 2. The van der Waals surface area contributed by atoms with Gasteiger partial charge in [-0.1, -0.05) is 20.8 Å². The molecule has 0 aliphatic carbocycles. The normalized spacial score (nSPS) is 13.6. The molecule has 9 heteroatoms. The highest BCUT2D eigenvalue weighted by atomic mass is 32.2. The fraction of sp³-hybridized carbons (Fsp3) is 0.267. The number of nitrogens with zero attached hydrogens (tertiary/aromatic N) is 2. The number of hydrogen-bond donors (Lipinski definition) is 3. The van der Waals surface area contributed by atoms with Crippen LogP contribution >= 0.6 is 0 Å². The minimum Gasteiger partial charge on any atom is -0.755 e. The second-order valence-corrected chi connectivity index (χ2v) is 6.79. The number of aromatic amines is 1. The number of carbonyl (C=O) groups is 1. The first-order chi connectivity index (χ1) is 11.2. The van der Waals surface area contributed by atoms with Crippen LogP contribution in [0.5, 0.6) is 0 Å². The number of hydrogen-bond acceptors (Lipinski definition) is 5. The molecule has 0 spiro atoms. The highest BCUT2D eigenvalue weighted by Crippen LogP contribution is 2.28. The Hall–Kier alpha value is -2.52. The molecule has 1 atom stereocenters. The van der Waals surface area contributed by atoms with Gasteiger partial charge in [-0.25, -0.2) is 4.99 Å². The number of anilines is 1. The Kier molecular flexibility index (Phi) is 5.15. The first kappa shape index (κ1) is 17.8. The van der Waals surface area contributed by atoms with Gasteiger partial charge < -0.3 is 15.0 Å². The molecule has 1 unspecified atom stereocenters. The van der Waals surface area contributed by atoms with Gasteiger partial charge in [0.2, 0.25) is 0 Å². The Bertz CT molecular complexity index is 790. The second kappa shape index (κ2) is 6.93. The molecule has 0 aliphatic rings. The minimum atomic E-state index is -2.39. The van der Waals surface area contributed by atoms with Crippen molar-refractivity contribution < 1.29 is 13.6 Å². The summed E-state index contributed by atoms with van der Waals surface area (Å²) in [5.74, 6) is 0.384. The van der Waals surface area contributed by atoms with Crippen LogP contribution in [0.4, 0.5) is 11.5 Å². The maximum atomic E-state index is 11.4. The van der Waals surface area contributed by atoms with Crippen molar-refractivity contribution in [3.8, 4) is 0 Å². The van der Waals surface area contributed by atoms with Gasteiger partial charge >= 0.3 is 0 Å². The van der Waals surface area contributed by atoms with E-state index in [0.29, 0.717) is 28.8 Å². The van der Waals surface area contributed by atoms with E-state index >= 15 is 0 Å². The van der Waals surface area contributed by atoms with Crippen molar-refractivity contribution in [3.05, 3.63) is 41.1 Å². The van der Waals surface area contributed by atoms with E-state index in [1.54, 1.807) is 24.3 Å². The van der Waals surface area contributed by atoms with Crippen LogP contribution in [0.1, 0.15) is 42.4 Å². The van der Waals surface area contributed by atoms with E-state index in [-0.39, 0.29) is 17.1 Å². The summed E-state index contributed by atoms with van der Waals surface area (Å²) in [4.78, 5) is 15.6. The number of aldehydes is 1. The van der Waals surface area contributed by atoms with Crippen molar-refractivity contribution in [2.45, 2.75) is 26.2 Å². The zero-order chi connectivity index (χ0) is 17.9. The van der Waals surface area contributed by atoms with Crippen LogP contribution in [0.15, 0.2) is 29.3 Å². The fourth-order valence-corrected chi connectivity index (χ4v) is 2.42. The lowest BCUT2D eigenvalue weighted by Gasteiger charge is -2.16. The second-order valence-electron chi connectivity index (χ2n) is 6.11. The van der Waals surface area contributed by atoms with Crippen LogP contribution in [0.25, 0.3) is 0 Å². The zero-order valence-corrected chi connectivity index (χ0v) is 14.3. The van der Waals surface area contributed by atoms with E-state index in [1.807, 2.05) is 20.8 Å². The van der Waals surface area contributed by atoms with Crippen LogP contribution < -0.4 is 10.5 Å². The molecular weight excluding hydrogens is 330 g/mol. The van der Waals surface area contributed by atoms with E-state index in [1.165, 1.54) is 0 Å². The van der Waals surface area contributed by atoms with Gasteiger partial charge in [0.05, 0.1) is 11.3 Å². The van der Waals surface area contributed by atoms with Crippen molar-refractivity contribution in [2.24, 2.45) is 10.7 Å². The van der Waals surface area contributed by atoms with Crippen molar-refractivity contribution in [1.29, 1.82) is 0 Å². The number of nitrogens with two attached hydrogens (primary N) is 1. The maximum absolute atomic E-state index is 11.4. The molecule has 4 N–H and O–H groups in total. The third kappa shape index (κ3) is 4.06. The third-order valence-electron chi connectivity index (χ3n) is 3.26. The summed E-state index contributed by atoms with van der Waals surface area (Å²) in [6, 6.07) is 6.34. The Labute approximate surface area is 142 Å². The molecule has 0 radical (unpaired) electrons. The number of amidine groups is 1. The summed E-state index contributed by atoms with van der Waals surface area (Å²) in [5.41, 5.74) is 7.71. The lowest BCUT2D eigenvalue weighted by Crippen LogP contribution is -2.14.